The van der Waals surface area contributed by atoms with Gasteiger partial charge >= 0.3 is 0 Å². The highest BCUT2D eigenvalue weighted by Gasteiger charge is 2.10. The fourth-order valence-electron chi connectivity index (χ4n) is 1.79. The fourth-order valence-corrected chi connectivity index (χ4v) is 1.79. The fraction of sp³-hybridized carbons (Fsp3) is 0.125. The third kappa shape index (κ3) is 4.03. The summed E-state index contributed by atoms with van der Waals surface area (Å²) < 4.78 is 31.2. The zero-order chi connectivity index (χ0) is 15.9. The van der Waals surface area contributed by atoms with Gasteiger partial charge in [-0.1, -0.05) is 6.07 Å². The van der Waals surface area contributed by atoms with Crippen LogP contribution in [0.15, 0.2) is 46.6 Å². The minimum absolute atomic E-state index is 0.116. The molecule has 0 bridgehead atoms. The third-order valence-corrected chi connectivity index (χ3v) is 2.89. The van der Waals surface area contributed by atoms with Gasteiger partial charge in [0.15, 0.2) is 0 Å². The number of halogens is 2. The number of rotatable bonds is 5. The van der Waals surface area contributed by atoms with Crippen LogP contribution in [0.25, 0.3) is 6.08 Å². The average Bonchev–Trinajstić information content (AvgIpc) is 3.00. The Bertz CT molecular complexity index is 731. The molecule has 0 saturated heterocycles. The van der Waals surface area contributed by atoms with Gasteiger partial charge in [0, 0.05) is 18.7 Å². The summed E-state index contributed by atoms with van der Waals surface area (Å²) in [6.07, 6.45) is 2.93. The van der Waals surface area contributed by atoms with Crippen molar-refractivity contribution in [2.24, 2.45) is 0 Å². The van der Waals surface area contributed by atoms with Crippen LogP contribution in [0.4, 0.5) is 8.78 Å². The summed E-state index contributed by atoms with van der Waals surface area (Å²) in [5.74, 6) is -1.52. The maximum Gasteiger partial charge on any atom is 0.262 e. The van der Waals surface area contributed by atoms with Crippen molar-refractivity contribution >= 4 is 12.0 Å². The third-order valence-electron chi connectivity index (χ3n) is 2.89. The van der Waals surface area contributed by atoms with E-state index in [-0.39, 0.29) is 24.1 Å². The lowest BCUT2D eigenvalue weighted by Crippen LogP contribution is -2.26. The highest BCUT2D eigenvalue weighted by atomic mass is 19.1. The van der Waals surface area contributed by atoms with E-state index in [1.165, 1.54) is 18.4 Å². The second-order valence-electron chi connectivity index (χ2n) is 4.43. The van der Waals surface area contributed by atoms with Gasteiger partial charge in [0.2, 0.25) is 0 Å². The molecule has 0 saturated carbocycles. The van der Waals surface area contributed by atoms with Crippen molar-refractivity contribution in [3.8, 4) is 6.07 Å². The number of carbonyl (C=O) groups excluding carboxylic acids is 1. The molecule has 0 spiro atoms. The molecule has 0 atom stereocenters. The van der Waals surface area contributed by atoms with Crippen molar-refractivity contribution in [1.29, 1.82) is 5.26 Å². The summed E-state index contributed by atoms with van der Waals surface area (Å²) in [7, 11) is 0. The van der Waals surface area contributed by atoms with Gasteiger partial charge in [0.1, 0.15) is 29.0 Å². The van der Waals surface area contributed by atoms with E-state index in [0.717, 1.165) is 12.1 Å². The number of nitrogens with zero attached hydrogens (tertiary/aromatic N) is 1. The molecule has 0 unspecified atom stereocenters. The van der Waals surface area contributed by atoms with Gasteiger partial charge in [-0.3, -0.25) is 4.79 Å². The minimum atomic E-state index is -0.666. The monoisotopic (exact) mass is 302 g/mol. The normalized spacial score (nSPS) is 11.0. The van der Waals surface area contributed by atoms with Crippen LogP contribution >= 0.6 is 0 Å². The second kappa shape index (κ2) is 7.18. The van der Waals surface area contributed by atoms with Gasteiger partial charge in [-0.05, 0) is 30.2 Å². The average molecular weight is 302 g/mol. The van der Waals surface area contributed by atoms with Crippen LogP contribution in [0, 0.1) is 23.0 Å². The Morgan fingerprint density at radius 2 is 2.18 bits per heavy atom. The molecule has 4 nitrogen and oxygen atoms in total. The van der Waals surface area contributed by atoms with Crippen LogP contribution in [0.5, 0.6) is 0 Å². The molecule has 1 aromatic carbocycles. The molecule has 0 aliphatic rings. The van der Waals surface area contributed by atoms with E-state index in [0.29, 0.717) is 5.76 Å². The highest BCUT2D eigenvalue weighted by Crippen LogP contribution is 2.10. The number of hydrogen-bond acceptors (Lipinski definition) is 3. The number of amides is 1. The Hall–Kier alpha value is -2.94. The Morgan fingerprint density at radius 1 is 1.36 bits per heavy atom. The minimum Gasteiger partial charge on any atom is -0.465 e. The molecule has 2 rings (SSSR count). The standard InChI is InChI=1S/C16H12F2N2O2/c17-13-4-3-11(15(18)9-13)5-6-20-16(21)12(10-19)8-14-2-1-7-22-14/h1-4,7-9H,5-6H2,(H,20,21)/b12-8-. The number of nitriles is 1. The smallest absolute Gasteiger partial charge is 0.262 e. The van der Waals surface area contributed by atoms with Crippen molar-refractivity contribution in [3.05, 3.63) is 65.1 Å². The lowest BCUT2D eigenvalue weighted by Gasteiger charge is -2.05. The van der Waals surface area contributed by atoms with Gasteiger partial charge in [-0.15, -0.1) is 0 Å². The molecule has 22 heavy (non-hydrogen) atoms. The topological polar surface area (TPSA) is 66.0 Å². The predicted molar refractivity (Wildman–Crippen MR) is 75.4 cm³/mol. The van der Waals surface area contributed by atoms with Crippen LogP contribution in [-0.2, 0) is 11.2 Å². The molecule has 1 aromatic heterocycles. The van der Waals surface area contributed by atoms with Crippen LogP contribution in [-0.4, -0.2) is 12.5 Å². The van der Waals surface area contributed by atoms with E-state index in [4.69, 9.17) is 9.68 Å². The molecule has 0 radical (unpaired) electrons. The Balaban J connectivity index is 1.93. The summed E-state index contributed by atoms with van der Waals surface area (Å²) in [4.78, 5) is 11.8. The van der Waals surface area contributed by atoms with E-state index in [1.807, 2.05) is 0 Å². The predicted octanol–water partition coefficient (Wildman–Crippen LogP) is 2.82. The summed E-state index contributed by atoms with van der Waals surface area (Å²) >= 11 is 0. The maximum atomic E-state index is 13.4. The Kier molecular flexibility index (Phi) is 5.04. The van der Waals surface area contributed by atoms with Crippen molar-refractivity contribution in [2.45, 2.75) is 6.42 Å². The second-order valence-corrected chi connectivity index (χ2v) is 4.43. The number of carbonyl (C=O) groups is 1. The molecule has 0 aliphatic heterocycles. The molecule has 2 aromatic rings. The Morgan fingerprint density at radius 3 is 2.82 bits per heavy atom. The van der Waals surface area contributed by atoms with E-state index < -0.39 is 17.5 Å². The molecule has 1 N–H and O–H groups in total. The molecule has 0 aliphatic carbocycles. The van der Waals surface area contributed by atoms with Gasteiger partial charge < -0.3 is 9.73 Å². The molecular formula is C16H12F2N2O2. The van der Waals surface area contributed by atoms with Gasteiger partial charge in [-0.25, -0.2) is 8.78 Å². The number of benzene rings is 1. The van der Waals surface area contributed by atoms with Crippen molar-refractivity contribution in [1.82, 2.24) is 5.32 Å². The lowest BCUT2D eigenvalue weighted by molar-refractivity contribution is -0.117. The van der Waals surface area contributed by atoms with E-state index >= 15 is 0 Å². The van der Waals surface area contributed by atoms with Crippen molar-refractivity contribution in [3.63, 3.8) is 0 Å². The van der Waals surface area contributed by atoms with Crippen LogP contribution in [0.1, 0.15) is 11.3 Å². The van der Waals surface area contributed by atoms with Crippen LogP contribution < -0.4 is 5.32 Å². The first-order chi connectivity index (χ1) is 10.6. The SMILES string of the molecule is N#C/C(=C/c1ccco1)C(=O)NCCc1ccc(F)cc1F. The number of hydrogen-bond donors (Lipinski definition) is 1. The van der Waals surface area contributed by atoms with Gasteiger partial charge in [0.05, 0.1) is 6.26 Å². The van der Waals surface area contributed by atoms with E-state index in [2.05, 4.69) is 5.32 Å². The van der Waals surface area contributed by atoms with Crippen molar-refractivity contribution < 1.29 is 18.0 Å². The lowest BCUT2D eigenvalue weighted by atomic mass is 10.1. The number of furan rings is 1. The zero-order valence-electron chi connectivity index (χ0n) is 11.5. The molecule has 112 valence electrons. The maximum absolute atomic E-state index is 13.4. The first-order valence-corrected chi connectivity index (χ1v) is 6.47. The first kappa shape index (κ1) is 15.4. The molecule has 1 amide bonds. The largest absolute Gasteiger partial charge is 0.465 e. The Labute approximate surface area is 125 Å². The summed E-state index contributed by atoms with van der Waals surface area (Å²) in [5.41, 5.74) is 0.171. The molecule has 0 fully saturated rings. The van der Waals surface area contributed by atoms with Crippen molar-refractivity contribution in [2.75, 3.05) is 6.54 Å². The quantitative estimate of drug-likeness (QED) is 0.682. The molecule has 1 heterocycles. The molecular weight excluding hydrogens is 290 g/mol. The summed E-state index contributed by atoms with van der Waals surface area (Å²) in [5, 5.41) is 11.5. The highest BCUT2D eigenvalue weighted by molar-refractivity contribution is 6.01. The van der Waals surface area contributed by atoms with E-state index in [9.17, 15) is 13.6 Å². The molecule has 6 heteroatoms. The van der Waals surface area contributed by atoms with Crippen LogP contribution in [0.3, 0.4) is 0 Å². The summed E-state index contributed by atoms with van der Waals surface area (Å²) in [6, 6.07) is 8.27. The van der Waals surface area contributed by atoms with Crippen LogP contribution in [0.2, 0.25) is 0 Å². The zero-order valence-corrected chi connectivity index (χ0v) is 11.5. The van der Waals surface area contributed by atoms with Gasteiger partial charge in [-0.2, -0.15) is 5.26 Å². The number of nitrogens with one attached hydrogen (secondary N) is 1. The summed E-state index contributed by atoms with van der Waals surface area (Å²) in [6.45, 7) is 0.124. The first-order valence-electron chi connectivity index (χ1n) is 6.47. The van der Waals surface area contributed by atoms with E-state index in [1.54, 1.807) is 18.2 Å². The van der Waals surface area contributed by atoms with Gasteiger partial charge in [0.25, 0.3) is 5.91 Å².